The summed E-state index contributed by atoms with van der Waals surface area (Å²) in [6.07, 6.45) is -5.06. The number of nitrogens with zero attached hydrogens (tertiary/aromatic N) is 5. The normalized spacial score (nSPS) is 18.7. The van der Waals surface area contributed by atoms with Gasteiger partial charge >= 0.3 is 6.18 Å². The van der Waals surface area contributed by atoms with E-state index >= 15 is 0 Å². The lowest BCUT2D eigenvalue weighted by Gasteiger charge is -2.38. The van der Waals surface area contributed by atoms with Gasteiger partial charge in [-0.05, 0) is 10.8 Å². The van der Waals surface area contributed by atoms with E-state index in [9.17, 15) is 18.0 Å². The second kappa shape index (κ2) is 4.83. The minimum atomic E-state index is -4.49. The zero-order valence-corrected chi connectivity index (χ0v) is 10.7. The van der Waals surface area contributed by atoms with Crippen LogP contribution in [-0.4, -0.2) is 38.3 Å². The standard InChI is InChI=1S/C12H10F3N5O/c13-12(14,15)9-6-10(21)20(9)11-16-18-19(17-11)7-8-4-2-1-3-5-8/h1-5,9H,6-7H2. The van der Waals surface area contributed by atoms with Gasteiger partial charge in [-0.25, -0.2) is 0 Å². The molecular formula is C12H10F3N5O. The monoisotopic (exact) mass is 297 g/mol. The van der Waals surface area contributed by atoms with Crippen LogP contribution in [0.4, 0.5) is 19.1 Å². The van der Waals surface area contributed by atoms with E-state index in [4.69, 9.17) is 0 Å². The first kappa shape index (κ1) is 13.5. The molecule has 1 saturated heterocycles. The summed E-state index contributed by atoms with van der Waals surface area (Å²) in [5.74, 6) is -0.971. The van der Waals surface area contributed by atoms with Gasteiger partial charge in [0.05, 0.1) is 13.0 Å². The molecule has 0 radical (unpaired) electrons. The van der Waals surface area contributed by atoms with E-state index in [1.807, 2.05) is 30.3 Å². The minimum Gasteiger partial charge on any atom is -0.274 e. The summed E-state index contributed by atoms with van der Waals surface area (Å²) in [5.41, 5.74) is 0.878. The molecule has 1 aromatic carbocycles. The molecule has 6 nitrogen and oxygen atoms in total. The largest absolute Gasteiger partial charge is 0.409 e. The van der Waals surface area contributed by atoms with Crippen molar-refractivity contribution in [2.24, 2.45) is 0 Å². The highest BCUT2D eigenvalue weighted by Gasteiger charge is 2.55. The Morgan fingerprint density at radius 1 is 1.24 bits per heavy atom. The van der Waals surface area contributed by atoms with E-state index in [-0.39, 0.29) is 12.5 Å². The van der Waals surface area contributed by atoms with Crippen molar-refractivity contribution >= 4 is 11.9 Å². The minimum absolute atomic E-state index is 0.270. The molecule has 0 saturated carbocycles. The average molecular weight is 297 g/mol. The number of aromatic nitrogens is 4. The summed E-state index contributed by atoms with van der Waals surface area (Å²) < 4.78 is 38.1. The zero-order chi connectivity index (χ0) is 15.0. The van der Waals surface area contributed by atoms with Gasteiger partial charge in [0.15, 0.2) is 0 Å². The number of halogens is 3. The number of anilines is 1. The van der Waals surface area contributed by atoms with E-state index in [1.54, 1.807) is 0 Å². The summed E-state index contributed by atoms with van der Waals surface area (Å²) in [4.78, 5) is 13.1. The van der Waals surface area contributed by atoms with E-state index in [0.717, 1.165) is 10.4 Å². The van der Waals surface area contributed by atoms with Gasteiger partial charge in [-0.15, -0.1) is 5.10 Å². The summed E-state index contributed by atoms with van der Waals surface area (Å²) >= 11 is 0. The predicted octanol–water partition coefficient (Wildman–Crippen LogP) is 1.39. The number of benzene rings is 1. The third-order valence-electron chi connectivity index (χ3n) is 3.15. The van der Waals surface area contributed by atoms with Crippen LogP contribution in [0.5, 0.6) is 0 Å². The van der Waals surface area contributed by atoms with E-state index in [0.29, 0.717) is 4.90 Å². The summed E-state index contributed by atoms with van der Waals surface area (Å²) in [6, 6.07) is 7.29. The van der Waals surface area contributed by atoms with Crippen LogP contribution in [0.25, 0.3) is 0 Å². The van der Waals surface area contributed by atoms with Crippen molar-refractivity contribution in [3.05, 3.63) is 35.9 Å². The molecule has 110 valence electrons. The molecule has 3 rings (SSSR count). The number of hydrogen-bond donors (Lipinski definition) is 0. The fraction of sp³-hybridized carbons (Fsp3) is 0.333. The fourth-order valence-corrected chi connectivity index (χ4v) is 2.07. The zero-order valence-electron chi connectivity index (χ0n) is 10.7. The first-order valence-electron chi connectivity index (χ1n) is 6.15. The number of rotatable bonds is 3. The van der Waals surface area contributed by atoms with Crippen molar-refractivity contribution in [2.45, 2.75) is 25.2 Å². The molecule has 1 amide bonds. The first-order chi connectivity index (χ1) is 9.95. The topological polar surface area (TPSA) is 63.9 Å². The lowest BCUT2D eigenvalue weighted by molar-refractivity contribution is -0.171. The number of carbonyl (C=O) groups excluding carboxylic acids is 1. The van der Waals surface area contributed by atoms with Gasteiger partial charge in [0.1, 0.15) is 6.04 Å². The van der Waals surface area contributed by atoms with E-state index in [1.165, 1.54) is 0 Å². The number of alkyl halides is 3. The van der Waals surface area contributed by atoms with Gasteiger partial charge in [-0.2, -0.15) is 18.0 Å². The van der Waals surface area contributed by atoms with Crippen molar-refractivity contribution in [1.29, 1.82) is 0 Å². The van der Waals surface area contributed by atoms with Crippen LogP contribution in [0, 0.1) is 0 Å². The van der Waals surface area contributed by atoms with E-state index in [2.05, 4.69) is 15.4 Å². The van der Waals surface area contributed by atoms with E-state index < -0.39 is 24.5 Å². The fourth-order valence-electron chi connectivity index (χ4n) is 2.07. The van der Waals surface area contributed by atoms with Gasteiger partial charge in [0.25, 0.3) is 5.95 Å². The number of amides is 1. The van der Waals surface area contributed by atoms with Crippen LogP contribution < -0.4 is 4.90 Å². The third-order valence-corrected chi connectivity index (χ3v) is 3.15. The molecule has 1 aromatic heterocycles. The Morgan fingerprint density at radius 3 is 2.57 bits per heavy atom. The van der Waals surface area contributed by atoms with Crippen molar-refractivity contribution in [3.8, 4) is 0 Å². The molecule has 1 fully saturated rings. The molecule has 21 heavy (non-hydrogen) atoms. The first-order valence-corrected chi connectivity index (χ1v) is 6.15. The Morgan fingerprint density at radius 2 is 1.95 bits per heavy atom. The molecule has 0 spiro atoms. The van der Waals surface area contributed by atoms with Crippen LogP contribution >= 0.6 is 0 Å². The van der Waals surface area contributed by atoms with Crippen LogP contribution in [0.1, 0.15) is 12.0 Å². The van der Waals surface area contributed by atoms with Crippen LogP contribution in [0.15, 0.2) is 30.3 Å². The summed E-state index contributed by atoms with van der Waals surface area (Å²) in [7, 11) is 0. The Hall–Kier alpha value is -2.45. The molecule has 0 bridgehead atoms. The van der Waals surface area contributed by atoms with Gasteiger partial charge in [0, 0.05) is 0 Å². The maximum atomic E-state index is 12.7. The molecule has 1 unspecified atom stereocenters. The maximum Gasteiger partial charge on any atom is 0.409 e. The van der Waals surface area contributed by atoms with Crippen molar-refractivity contribution in [3.63, 3.8) is 0 Å². The number of β-lactam (4-membered cyclic amide) rings is 1. The summed E-state index contributed by atoms with van der Waals surface area (Å²) in [5, 5.41) is 11.1. The number of hydrogen-bond acceptors (Lipinski definition) is 4. The Kier molecular flexibility index (Phi) is 3.11. The Labute approximate surface area is 117 Å². The molecular weight excluding hydrogens is 287 g/mol. The molecule has 2 aromatic rings. The van der Waals surface area contributed by atoms with Crippen LogP contribution in [0.3, 0.4) is 0 Å². The molecule has 1 aliphatic rings. The molecule has 2 heterocycles. The van der Waals surface area contributed by atoms with Gasteiger partial charge in [-0.1, -0.05) is 35.4 Å². The number of tetrazole rings is 1. The lowest BCUT2D eigenvalue weighted by Crippen LogP contribution is -2.60. The molecule has 0 N–H and O–H groups in total. The van der Waals surface area contributed by atoms with Crippen LogP contribution in [-0.2, 0) is 11.3 Å². The van der Waals surface area contributed by atoms with Crippen molar-refractivity contribution < 1.29 is 18.0 Å². The highest BCUT2D eigenvalue weighted by Crippen LogP contribution is 2.36. The smallest absolute Gasteiger partial charge is 0.274 e. The number of carbonyl (C=O) groups is 1. The Bertz CT molecular complexity index is 654. The third kappa shape index (κ3) is 2.58. The molecule has 0 aliphatic carbocycles. The Balaban J connectivity index is 1.77. The second-order valence-electron chi connectivity index (χ2n) is 4.63. The van der Waals surface area contributed by atoms with Crippen molar-refractivity contribution in [1.82, 2.24) is 20.2 Å². The highest BCUT2D eigenvalue weighted by molar-refractivity contribution is 5.99. The quantitative estimate of drug-likeness (QED) is 0.803. The lowest BCUT2D eigenvalue weighted by atomic mass is 10.0. The highest BCUT2D eigenvalue weighted by atomic mass is 19.4. The predicted molar refractivity (Wildman–Crippen MR) is 65.3 cm³/mol. The molecule has 1 aliphatic heterocycles. The SMILES string of the molecule is O=C1CC(C(F)(F)F)N1c1nnn(Cc2ccccc2)n1. The van der Waals surface area contributed by atoms with Gasteiger partial charge < -0.3 is 0 Å². The molecule has 1 atom stereocenters. The van der Waals surface area contributed by atoms with Gasteiger partial charge in [0.2, 0.25) is 5.91 Å². The van der Waals surface area contributed by atoms with Gasteiger partial charge in [-0.3, -0.25) is 9.69 Å². The van der Waals surface area contributed by atoms with Crippen molar-refractivity contribution in [2.75, 3.05) is 4.90 Å². The summed E-state index contributed by atoms with van der Waals surface area (Å²) in [6.45, 7) is 0.270. The average Bonchev–Trinajstić information content (AvgIpc) is 2.83. The second-order valence-corrected chi connectivity index (χ2v) is 4.63. The molecule has 9 heteroatoms. The van der Waals surface area contributed by atoms with Crippen LogP contribution in [0.2, 0.25) is 0 Å². The maximum absolute atomic E-state index is 12.7.